The van der Waals surface area contributed by atoms with Crippen molar-refractivity contribution < 1.29 is 14.7 Å². The lowest BCUT2D eigenvalue weighted by atomic mass is 9.76. The predicted molar refractivity (Wildman–Crippen MR) is 122 cm³/mol. The number of allylic oxidation sites excluding steroid dienone is 1. The van der Waals surface area contributed by atoms with Gasteiger partial charge in [0.25, 0.3) is 12.4 Å². The summed E-state index contributed by atoms with van der Waals surface area (Å²) in [5, 5.41) is 6.89. The Morgan fingerprint density at radius 2 is 1.90 bits per heavy atom. The molecule has 2 saturated heterocycles. The third-order valence-corrected chi connectivity index (χ3v) is 6.46. The van der Waals surface area contributed by atoms with Gasteiger partial charge in [-0.1, -0.05) is 42.0 Å². The van der Waals surface area contributed by atoms with E-state index < -0.39 is 0 Å². The van der Waals surface area contributed by atoms with Crippen LogP contribution in [0.3, 0.4) is 0 Å². The van der Waals surface area contributed by atoms with Crippen molar-refractivity contribution in [3.63, 3.8) is 0 Å². The molecule has 166 valence electrons. The lowest BCUT2D eigenvalue weighted by Crippen LogP contribution is -2.37. The van der Waals surface area contributed by atoms with E-state index in [0.717, 1.165) is 45.6 Å². The molecule has 0 saturated carbocycles. The molecule has 1 amide bonds. The van der Waals surface area contributed by atoms with Gasteiger partial charge in [0.05, 0.1) is 0 Å². The predicted octanol–water partition coefficient (Wildman–Crippen LogP) is 3.69. The molecule has 3 heterocycles. The minimum absolute atomic E-state index is 0.148. The number of hydrogen-bond donors (Lipinski definition) is 2. The van der Waals surface area contributed by atoms with Crippen LogP contribution in [0.4, 0.5) is 0 Å². The molecule has 2 N–H and O–H groups in total. The largest absolute Gasteiger partial charge is 0.483 e. The van der Waals surface area contributed by atoms with Gasteiger partial charge in [-0.2, -0.15) is 0 Å². The van der Waals surface area contributed by atoms with E-state index in [-0.39, 0.29) is 17.8 Å². The van der Waals surface area contributed by atoms with E-state index in [9.17, 15) is 4.79 Å². The Kier molecular flexibility index (Phi) is 7.69. The van der Waals surface area contributed by atoms with E-state index in [1.54, 1.807) is 0 Å². The third kappa shape index (κ3) is 5.64. The molecule has 0 bridgehead atoms. The average molecular weight is 424 g/mol. The van der Waals surface area contributed by atoms with Gasteiger partial charge >= 0.3 is 0 Å². The molecule has 0 spiro atoms. The maximum absolute atomic E-state index is 12.9. The highest BCUT2D eigenvalue weighted by Crippen LogP contribution is 2.46. The van der Waals surface area contributed by atoms with E-state index in [4.69, 9.17) is 9.90 Å². The van der Waals surface area contributed by atoms with Crippen molar-refractivity contribution in [2.45, 2.75) is 26.7 Å². The third-order valence-electron chi connectivity index (χ3n) is 6.46. The maximum atomic E-state index is 12.9. The van der Waals surface area contributed by atoms with Crippen molar-refractivity contribution >= 4 is 12.4 Å². The Morgan fingerprint density at radius 3 is 2.55 bits per heavy atom. The summed E-state index contributed by atoms with van der Waals surface area (Å²) in [5.74, 6) is 0.704. The first-order valence-corrected chi connectivity index (χ1v) is 10.9. The average Bonchev–Trinajstić information content (AvgIpc) is 3.47. The Balaban J connectivity index is 0.000000858. The molecule has 0 unspecified atom stereocenters. The number of amides is 1. The first-order valence-electron chi connectivity index (χ1n) is 10.9. The summed E-state index contributed by atoms with van der Waals surface area (Å²) in [5.41, 5.74) is 3.68. The fraction of sp³-hybridized carbons (Fsp3) is 0.440. The number of nitrogens with zero attached hydrogens (tertiary/aromatic N) is 2. The van der Waals surface area contributed by atoms with Crippen LogP contribution in [0.5, 0.6) is 0 Å². The van der Waals surface area contributed by atoms with Gasteiger partial charge in [0, 0.05) is 44.3 Å². The SMILES string of the molecule is CC(C)=CCN1C[C@H]2CN(C(=O)c3ccc[nH]3)C[C@@]2(CCc2ccccc2)C1.O=CO. The normalized spacial score (nSPS) is 22.4. The number of nitrogens with one attached hydrogen (secondary N) is 1. The molecule has 2 aromatic rings. The highest BCUT2D eigenvalue weighted by atomic mass is 16.3. The molecule has 0 radical (unpaired) electrons. The summed E-state index contributed by atoms with van der Waals surface area (Å²) in [4.78, 5) is 29.0. The number of hydrogen-bond acceptors (Lipinski definition) is 3. The van der Waals surface area contributed by atoms with Crippen molar-refractivity contribution in [2.75, 3.05) is 32.7 Å². The summed E-state index contributed by atoms with van der Waals surface area (Å²) in [6.45, 7) is 9.02. The van der Waals surface area contributed by atoms with E-state index in [1.807, 2.05) is 18.3 Å². The van der Waals surface area contributed by atoms with Gasteiger partial charge in [-0.25, -0.2) is 0 Å². The zero-order valence-corrected chi connectivity index (χ0v) is 18.5. The van der Waals surface area contributed by atoms with E-state index in [1.165, 1.54) is 11.1 Å². The molecule has 2 atom stereocenters. The van der Waals surface area contributed by atoms with Crippen LogP contribution < -0.4 is 0 Å². The van der Waals surface area contributed by atoms with Crippen LogP contribution in [0.25, 0.3) is 0 Å². The van der Waals surface area contributed by atoms with Crippen LogP contribution in [0.2, 0.25) is 0 Å². The number of aromatic amines is 1. The zero-order valence-electron chi connectivity index (χ0n) is 18.5. The van der Waals surface area contributed by atoms with Crippen molar-refractivity contribution in [1.82, 2.24) is 14.8 Å². The number of carbonyl (C=O) groups excluding carboxylic acids is 1. The topological polar surface area (TPSA) is 76.6 Å². The van der Waals surface area contributed by atoms with E-state index in [2.05, 4.69) is 65.0 Å². The molecule has 2 fully saturated rings. The second kappa shape index (κ2) is 10.4. The van der Waals surface area contributed by atoms with Crippen molar-refractivity contribution in [1.29, 1.82) is 0 Å². The van der Waals surface area contributed by atoms with Crippen LogP contribution in [0, 0.1) is 11.3 Å². The summed E-state index contributed by atoms with van der Waals surface area (Å²) in [7, 11) is 0. The summed E-state index contributed by atoms with van der Waals surface area (Å²) in [6, 6.07) is 14.5. The fourth-order valence-electron chi connectivity index (χ4n) is 4.92. The van der Waals surface area contributed by atoms with Crippen molar-refractivity contribution in [3.05, 3.63) is 71.6 Å². The van der Waals surface area contributed by atoms with Crippen molar-refractivity contribution in [2.24, 2.45) is 11.3 Å². The number of H-pyrrole nitrogens is 1. The number of benzene rings is 1. The lowest BCUT2D eigenvalue weighted by molar-refractivity contribution is -0.122. The lowest BCUT2D eigenvalue weighted by Gasteiger charge is -2.29. The summed E-state index contributed by atoms with van der Waals surface area (Å²) < 4.78 is 0. The van der Waals surface area contributed by atoms with E-state index in [0.29, 0.717) is 11.6 Å². The zero-order chi connectivity index (χ0) is 22.3. The minimum atomic E-state index is -0.250. The number of carbonyl (C=O) groups is 2. The molecule has 31 heavy (non-hydrogen) atoms. The highest BCUT2D eigenvalue weighted by Gasteiger charge is 2.52. The second-order valence-corrected chi connectivity index (χ2v) is 8.90. The van der Waals surface area contributed by atoms with Crippen molar-refractivity contribution in [3.8, 4) is 0 Å². The number of carboxylic acid groups (broad SMARTS) is 1. The monoisotopic (exact) mass is 423 g/mol. The first kappa shape index (κ1) is 22.8. The van der Waals surface area contributed by atoms with Gasteiger partial charge in [0.15, 0.2) is 0 Å². The molecular formula is C25H33N3O3. The molecule has 6 nitrogen and oxygen atoms in total. The van der Waals surface area contributed by atoms with Gasteiger partial charge < -0.3 is 15.0 Å². The van der Waals surface area contributed by atoms with Gasteiger partial charge in [-0.3, -0.25) is 14.5 Å². The Bertz CT molecular complexity index is 875. The van der Waals surface area contributed by atoms with Gasteiger partial charge in [-0.05, 0) is 50.3 Å². The van der Waals surface area contributed by atoms with E-state index >= 15 is 0 Å². The van der Waals surface area contributed by atoms with Gasteiger partial charge in [-0.15, -0.1) is 0 Å². The Morgan fingerprint density at radius 1 is 1.16 bits per heavy atom. The number of aromatic nitrogens is 1. The summed E-state index contributed by atoms with van der Waals surface area (Å²) >= 11 is 0. The molecule has 0 aliphatic carbocycles. The number of fused-ring (bicyclic) bond motifs is 1. The molecule has 6 heteroatoms. The molecule has 2 aliphatic heterocycles. The van der Waals surface area contributed by atoms with Gasteiger partial charge in [0.2, 0.25) is 0 Å². The maximum Gasteiger partial charge on any atom is 0.290 e. The smallest absolute Gasteiger partial charge is 0.290 e. The molecule has 1 aromatic heterocycles. The molecule has 1 aromatic carbocycles. The molecule has 2 aliphatic rings. The van der Waals surface area contributed by atoms with Crippen LogP contribution >= 0.6 is 0 Å². The van der Waals surface area contributed by atoms with Crippen LogP contribution in [0.15, 0.2) is 60.3 Å². The molecular weight excluding hydrogens is 390 g/mol. The second-order valence-electron chi connectivity index (χ2n) is 8.90. The number of aryl methyl sites for hydroxylation is 1. The van der Waals surface area contributed by atoms with Gasteiger partial charge in [0.1, 0.15) is 5.69 Å². The standard InChI is InChI=1S/C24H31N3O.CH2O2/c1-19(2)11-14-26-15-21-16-27(23(28)22-9-6-13-25-22)18-24(21,17-26)12-10-20-7-4-3-5-8-20;2-1-3/h3-9,11,13,21,25H,10,12,14-18H2,1-2H3;1H,(H,2,3)/t21-,24+;/m0./s1. The number of likely N-dealkylation sites (tertiary alicyclic amines) is 2. The quantitative estimate of drug-likeness (QED) is 0.549. The molecule has 4 rings (SSSR count). The van der Waals surface area contributed by atoms with Crippen LogP contribution in [-0.4, -0.2) is 65.0 Å². The first-order chi connectivity index (χ1) is 15.0. The van der Waals surface area contributed by atoms with Crippen LogP contribution in [-0.2, 0) is 11.2 Å². The van der Waals surface area contributed by atoms with Crippen LogP contribution in [0.1, 0.15) is 36.3 Å². The summed E-state index contributed by atoms with van der Waals surface area (Å²) in [6.07, 6.45) is 6.38. The Hall–Kier alpha value is -2.86. The number of rotatable bonds is 6. The fourth-order valence-corrected chi connectivity index (χ4v) is 4.92. The minimum Gasteiger partial charge on any atom is -0.483 e. The Labute approximate surface area is 184 Å². The highest BCUT2D eigenvalue weighted by molar-refractivity contribution is 5.92.